The van der Waals surface area contributed by atoms with Crippen LogP contribution in [0, 0.1) is 5.92 Å². The highest BCUT2D eigenvalue weighted by atomic mass is 35.5. The molecule has 0 aliphatic carbocycles. The summed E-state index contributed by atoms with van der Waals surface area (Å²) in [5.74, 6) is -1.87. The quantitative estimate of drug-likeness (QED) is 0.567. The van der Waals surface area contributed by atoms with E-state index in [1.807, 2.05) is 32.0 Å². The average molecular weight is 477 g/mol. The predicted molar refractivity (Wildman–Crippen MR) is 122 cm³/mol. The summed E-state index contributed by atoms with van der Waals surface area (Å²) in [5.41, 5.74) is 0.852. The van der Waals surface area contributed by atoms with Crippen molar-refractivity contribution in [2.45, 2.75) is 32.3 Å². The Balaban J connectivity index is 1.61. The highest BCUT2D eigenvalue weighted by Crippen LogP contribution is 2.28. The van der Waals surface area contributed by atoms with Crippen molar-refractivity contribution in [2.75, 3.05) is 6.54 Å². The molecule has 2 aromatic carbocycles. The third-order valence-corrected chi connectivity index (χ3v) is 5.37. The molecule has 2 amide bonds. The smallest absolute Gasteiger partial charge is 0.506 e. The van der Waals surface area contributed by atoms with Crippen molar-refractivity contribution in [1.82, 2.24) is 10.6 Å². The van der Waals surface area contributed by atoms with Crippen LogP contribution in [-0.2, 0) is 18.9 Å². The van der Waals surface area contributed by atoms with Crippen LogP contribution >= 0.6 is 23.2 Å². The largest absolute Gasteiger partial charge is 0.552 e. The summed E-state index contributed by atoms with van der Waals surface area (Å²) in [5, 5.41) is 5.90. The Morgan fingerprint density at radius 3 is 2.53 bits per heavy atom. The van der Waals surface area contributed by atoms with Crippen molar-refractivity contribution >= 4 is 48.1 Å². The summed E-state index contributed by atoms with van der Waals surface area (Å²) in [6.07, 6.45) is -0.336. The van der Waals surface area contributed by atoms with E-state index in [0.29, 0.717) is 17.0 Å². The van der Waals surface area contributed by atoms with Crippen LogP contribution in [0.1, 0.15) is 42.3 Å². The first-order valence-electron chi connectivity index (χ1n) is 10.2. The SMILES string of the molecule is CC(C)CC(NC(=O)CNC(=O)c1cc(Cl)ccc1Cl)B1OC(=O)[C@@H](c2ccccc2)O1. The molecule has 0 radical (unpaired) electrons. The molecule has 2 atom stereocenters. The van der Waals surface area contributed by atoms with Crippen LogP contribution < -0.4 is 10.6 Å². The summed E-state index contributed by atoms with van der Waals surface area (Å²) in [7, 11) is -0.933. The van der Waals surface area contributed by atoms with Gasteiger partial charge in [0.1, 0.15) is 0 Å². The summed E-state index contributed by atoms with van der Waals surface area (Å²) in [6.45, 7) is 3.67. The maximum absolute atomic E-state index is 12.5. The summed E-state index contributed by atoms with van der Waals surface area (Å²) in [4.78, 5) is 37.2. The Morgan fingerprint density at radius 1 is 1.12 bits per heavy atom. The Labute approximate surface area is 196 Å². The molecular weight excluding hydrogens is 454 g/mol. The second kappa shape index (κ2) is 10.9. The highest BCUT2D eigenvalue weighted by molar-refractivity contribution is 6.51. The third-order valence-electron chi connectivity index (χ3n) is 4.80. The fraction of sp³-hybridized carbons (Fsp3) is 0.318. The maximum Gasteiger partial charge on any atom is 0.552 e. The minimum Gasteiger partial charge on any atom is -0.506 e. The lowest BCUT2D eigenvalue weighted by Crippen LogP contribution is -2.50. The van der Waals surface area contributed by atoms with Crippen LogP contribution in [0.2, 0.25) is 10.0 Å². The van der Waals surface area contributed by atoms with Crippen molar-refractivity contribution in [2.24, 2.45) is 5.92 Å². The molecule has 32 heavy (non-hydrogen) atoms. The number of hydrogen-bond acceptors (Lipinski definition) is 5. The van der Waals surface area contributed by atoms with Gasteiger partial charge in [0.05, 0.1) is 23.1 Å². The molecule has 0 saturated carbocycles. The van der Waals surface area contributed by atoms with Crippen molar-refractivity contribution in [3.8, 4) is 0 Å². The van der Waals surface area contributed by atoms with Gasteiger partial charge in [-0.05, 0) is 36.1 Å². The van der Waals surface area contributed by atoms with Crippen molar-refractivity contribution in [3.63, 3.8) is 0 Å². The molecule has 1 unspecified atom stereocenters. The first-order valence-corrected chi connectivity index (χ1v) is 10.9. The number of carbonyl (C=O) groups excluding carboxylic acids is 3. The molecule has 7 nitrogen and oxygen atoms in total. The van der Waals surface area contributed by atoms with E-state index in [0.717, 1.165) is 0 Å². The van der Waals surface area contributed by atoms with Gasteiger partial charge in [-0.25, -0.2) is 0 Å². The molecule has 0 spiro atoms. The van der Waals surface area contributed by atoms with E-state index in [-0.39, 0.29) is 23.0 Å². The number of benzene rings is 2. The zero-order chi connectivity index (χ0) is 23.3. The normalized spacial score (nSPS) is 16.6. The van der Waals surface area contributed by atoms with Crippen molar-refractivity contribution in [3.05, 3.63) is 69.7 Å². The molecular formula is C22H23BCl2N2O5. The van der Waals surface area contributed by atoms with Gasteiger partial charge in [0.2, 0.25) is 5.91 Å². The van der Waals surface area contributed by atoms with E-state index in [4.69, 9.17) is 32.5 Å². The molecule has 1 fully saturated rings. The van der Waals surface area contributed by atoms with Crippen LogP contribution in [0.5, 0.6) is 0 Å². The summed E-state index contributed by atoms with van der Waals surface area (Å²) >= 11 is 11.9. The van der Waals surface area contributed by atoms with Gasteiger partial charge in [-0.15, -0.1) is 0 Å². The minimum atomic E-state index is -0.933. The molecule has 1 aliphatic heterocycles. The molecule has 2 N–H and O–H groups in total. The number of nitrogens with one attached hydrogen (secondary N) is 2. The standard InChI is InChI=1S/C22H23BCl2N2O5/c1-13(2)10-18(23-31-20(22(30)32-23)14-6-4-3-5-7-14)27-19(28)12-26-21(29)16-11-15(24)8-9-17(16)25/h3-9,11,13,18,20H,10,12H2,1-2H3,(H,26,29)(H,27,28)/t18?,20-/m1/s1. The Morgan fingerprint density at radius 2 is 1.84 bits per heavy atom. The maximum atomic E-state index is 12.5. The van der Waals surface area contributed by atoms with Gasteiger partial charge >= 0.3 is 13.1 Å². The first kappa shape index (κ1) is 24.1. The van der Waals surface area contributed by atoms with E-state index >= 15 is 0 Å². The van der Waals surface area contributed by atoms with Crippen molar-refractivity contribution < 1.29 is 23.7 Å². The lowest BCUT2D eigenvalue weighted by Gasteiger charge is -2.21. The summed E-state index contributed by atoms with van der Waals surface area (Å²) in [6, 6.07) is 13.5. The van der Waals surface area contributed by atoms with Gasteiger partial charge in [0.25, 0.3) is 5.91 Å². The van der Waals surface area contributed by atoms with Crippen molar-refractivity contribution in [1.29, 1.82) is 0 Å². The number of rotatable bonds is 8. The van der Waals surface area contributed by atoms with Crippen LogP contribution in [0.25, 0.3) is 0 Å². The second-order valence-electron chi connectivity index (χ2n) is 7.84. The Bertz CT molecular complexity index is 990. The van der Waals surface area contributed by atoms with Crippen LogP contribution in [-0.4, -0.2) is 37.4 Å². The van der Waals surface area contributed by atoms with Crippen LogP contribution in [0.3, 0.4) is 0 Å². The van der Waals surface area contributed by atoms with Crippen LogP contribution in [0.4, 0.5) is 0 Å². The lowest BCUT2D eigenvalue weighted by atomic mass is 9.74. The molecule has 0 bridgehead atoms. The Kier molecular flexibility index (Phi) is 8.18. The van der Waals surface area contributed by atoms with Gasteiger partial charge < -0.3 is 19.9 Å². The van der Waals surface area contributed by atoms with E-state index in [2.05, 4.69) is 10.6 Å². The molecule has 3 rings (SSSR count). The number of amides is 2. The fourth-order valence-corrected chi connectivity index (χ4v) is 3.72. The molecule has 10 heteroatoms. The molecule has 1 saturated heterocycles. The van der Waals surface area contributed by atoms with E-state index < -0.39 is 36.9 Å². The number of hydrogen-bond donors (Lipinski definition) is 2. The van der Waals surface area contributed by atoms with Crippen LogP contribution in [0.15, 0.2) is 48.5 Å². The average Bonchev–Trinajstić information content (AvgIpc) is 3.15. The van der Waals surface area contributed by atoms with Gasteiger partial charge in [-0.1, -0.05) is 67.4 Å². The monoisotopic (exact) mass is 476 g/mol. The van der Waals surface area contributed by atoms with E-state index in [9.17, 15) is 14.4 Å². The third kappa shape index (κ3) is 6.25. The molecule has 1 heterocycles. The van der Waals surface area contributed by atoms with Gasteiger partial charge in [0.15, 0.2) is 6.10 Å². The molecule has 1 aliphatic rings. The van der Waals surface area contributed by atoms with Gasteiger partial charge in [-0.2, -0.15) is 0 Å². The zero-order valence-corrected chi connectivity index (χ0v) is 19.2. The fourth-order valence-electron chi connectivity index (χ4n) is 3.34. The number of halogens is 2. The number of carbonyl (C=O) groups is 3. The van der Waals surface area contributed by atoms with E-state index in [1.54, 1.807) is 18.2 Å². The highest BCUT2D eigenvalue weighted by Gasteiger charge is 2.46. The first-order chi connectivity index (χ1) is 15.2. The minimum absolute atomic E-state index is 0.171. The second-order valence-corrected chi connectivity index (χ2v) is 8.69. The Hall–Kier alpha value is -2.55. The van der Waals surface area contributed by atoms with E-state index in [1.165, 1.54) is 12.1 Å². The van der Waals surface area contributed by atoms with Gasteiger partial charge in [0, 0.05) is 5.02 Å². The predicted octanol–water partition coefficient (Wildman–Crippen LogP) is 3.60. The van der Waals surface area contributed by atoms with Gasteiger partial charge in [-0.3, -0.25) is 14.4 Å². The molecule has 168 valence electrons. The topological polar surface area (TPSA) is 93.7 Å². The zero-order valence-electron chi connectivity index (χ0n) is 17.6. The summed E-state index contributed by atoms with van der Waals surface area (Å²) < 4.78 is 11.3. The molecule has 0 aromatic heterocycles. The lowest BCUT2D eigenvalue weighted by molar-refractivity contribution is -0.136. The molecule has 2 aromatic rings.